The number of carboxylic acids is 1. The van der Waals surface area contributed by atoms with Crippen molar-refractivity contribution in [2.24, 2.45) is 0 Å². The minimum atomic E-state index is -0.850. The molecule has 0 bridgehead atoms. The molecule has 2 rings (SSSR count). The van der Waals surface area contributed by atoms with Crippen LogP contribution in [0, 0.1) is 0 Å². The average Bonchev–Trinajstić information content (AvgIpc) is 2.53. The van der Waals surface area contributed by atoms with Crippen LogP contribution in [0.1, 0.15) is 25.7 Å². The molecular formula is C12H14N2O2. The van der Waals surface area contributed by atoms with Crippen molar-refractivity contribution in [3.8, 4) is 0 Å². The van der Waals surface area contributed by atoms with E-state index in [4.69, 9.17) is 5.11 Å². The maximum atomic E-state index is 10.8. The second-order valence-corrected chi connectivity index (χ2v) is 4.05. The van der Waals surface area contributed by atoms with Crippen molar-refractivity contribution in [1.29, 1.82) is 0 Å². The topological polar surface area (TPSA) is 55.1 Å². The lowest BCUT2D eigenvalue weighted by Crippen LogP contribution is -2.10. The summed E-state index contributed by atoms with van der Waals surface area (Å²) < 4.78 is 1.98. The monoisotopic (exact) mass is 218 g/mol. The van der Waals surface area contributed by atoms with Crippen molar-refractivity contribution in [2.75, 3.05) is 0 Å². The quantitative estimate of drug-likeness (QED) is 0.859. The number of carbonyl (C=O) groups is 1. The fourth-order valence-corrected chi connectivity index (χ4v) is 1.93. The number of aromatic nitrogens is 2. The molecule has 0 aliphatic rings. The smallest absolute Gasteiger partial charge is 0.311 e. The molecule has 1 aromatic carbocycles. The van der Waals surface area contributed by atoms with Gasteiger partial charge in [0.25, 0.3) is 0 Å². The number of nitrogens with zero attached hydrogens (tertiary/aromatic N) is 2. The predicted molar refractivity (Wildman–Crippen MR) is 61.5 cm³/mol. The lowest BCUT2D eigenvalue weighted by molar-refractivity contribution is -0.136. The third kappa shape index (κ3) is 1.78. The lowest BCUT2D eigenvalue weighted by Gasteiger charge is -2.11. The van der Waals surface area contributed by atoms with E-state index in [1.54, 1.807) is 0 Å². The number of fused-ring (bicyclic) bond motifs is 1. The number of para-hydroxylation sites is 2. The van der Waals surface area contributed by atoms with E-state index in [2.05, 4.69) is 4.98 Å². The Labute approximate surface area is 93.5 Å². The normalized spacial score (nSPS) is 11.2. The van der Waals surface area contributed by atoms with Gasteiger partial charge in [-0.25, -0.2) is 4.98 Å². The molecule has 84 valence electrons. The van der Waals surface area contributed by atoms with Crippen LogP contribution in [0.5, 0.6) is 0 Å². The van der Waals surface area contributed by atoms with Gasteiger partial charge in [-0.05, 0) is 26.0 Å². The summed E-state index contributed by atoms with van der Waals surface area (Å²) in [5.74, 6) is -0.235. The van der Waals surface area contributed by atoms with Gasteiger partial charge in [0.05, 0.1) is 11.0 Å². The Balaban J connectivity index is 2.63. The molecule has 0 spiro atoms. The molecule has 16 heavy (non-hydrogen) atoms. The molecule has 2 aromatic rings. The Kier molecular flexibility index (Phi) is 2.64. The van der Waals surface area contributed by atoms with Crippen LogP contribution in [0.3, 0.4) is 0 Å². The summed E-state index contributed by atoms with van der Waals surface area (Å²) in [5.41, 5.74) is 1.85. The van der Waals surface area contributed by atoms with Gasteiger partial charge < -0.3 is 9.67 Å². The highest BCUT2D eigenvalue weighted by molar-refractivity contribution is 5.78. The van der Waals surface area contributed by atoms with Crippen LogP contribution in [0.2, 0.25) is 0 Å². The van der Waals surface area contributed by atoms with E-state index in [-0.39, 0.29) is 12.5 Å². The zero-order valence-electron chi connectivity index (χ0n) is 9.34. The number of imidazole rings is 1. The summed E-state index contributed by atoms with van der Waals surface area (Å²) in [6.45, 7) is 4.05. The molecule has 0 atom stereocenters. The van der Waals surface area contributed by atoms with Crippen LogP contribution in [0.4, 0.5) is 0 Å². The minimum absolute atomic E-state index is 0.0349. The van der Waals surface area contributed by atoms with Crippen molar-refractivity contribution in [3.05, 3.63) is 30.1 Å². The summed E-state index contributed by atoms with van der Waals surface area (Å²) in [6, 6.07) is 7.92. The highest BCUT2D eigenvalue weighted by Crippen LogP contribution is 2.21. The molecule has 0 unspecified atom stereocenters. The minimum Gasteiger partial charge on any atom is -0.481 e. The molecule has 4 nitrogen and oxygen atoms in total. The van der Waals surface area contributed by atoms with Crippen LogP contribution >= 0.6 is 0 Å². The Morgan fingerprint density at radius 3 is 2.75 bits per heavy atom. The molecule has 0 amide bonds. The van der Waals surface area contributed by atoms with Gasteiger partial charge in [-0.3, -0.25) is 4.79 Å². The highest BCUT2D eigenvalue weighted by atomic mass is 16.4. The van der Waals surface area contributed by atoms with E-state index < -0.39 is 5.97 Å². The number of hydrogen-bond acceptors (Lipinski definition) is 2. The number of hydrogen-bond donors (Lipinski definition) is 1. The largest absolute Gasteiger partial charge is 0.481 e. The fourth-order valence-electron chi connectivity index (χ4n) is 1.93. The van der Waals surface area contributed by atoms with E-state index in [1.165, 1.54) is 0 Å². The van der Waals surface area contributed by atoms with E-state index in [0.29, 0.717) is 5.82 Å². The first-order chi connectivity index (χ1) is 7.59. The van der Waals surface area contributed by atoms with Crippen molar-refractivity contribution in [1.82, 2.24) is 9.55 Å². The second-order valence-electron chi connectivity index (χ2n) is 4.05. The van der Waals surface area contributed by atoms with Gasteiger partial charge >= 0.3 is 5.97 Å². The van der Waals surface area contributed by atoms with Crippen molar-refractivity contribution in [2.45, 2.75) is 26.3 Å². The number of carboxylic acid groups (broad SMARTS) is 1. The van der Waals surface area contributed by atoms with Gasteiger partial charge in [-0.2, -0.15) is 0 Å². The molecule has 0 saturated heterocycles. The Hall–Kier alpha value is -1.84. The van der Waals surface area contributed by atoms with E-state index in [0.717, 1.165) is 11.0 Å². The highest BCUT2D eigenvalue weighted by Gasteiger charge is 2.14. The number of rotatable bonds is 3. The summed E-state index contributed by atoms with van der Waals surface area (Å²) >= 11 is 0. The Bertz CT molecular complexity index is 529. The molecule has 4 heteroatoms. The van der Waals surface area contributed by atoms with Gasteiger partial charge in [-0.1, -0.05) is 12.1 Å². The standard InChI is InChI=1S/C12H14N2O2/c1-8(2)14-10-6-4-3-5-9(10)13-11(14)7-12(15)16/h3-6,8H,7H2,1-2H3,(H,15,16). The zero-order valence-corrected chi connectivity index (χ0v) is 9.34. The number of benzene rings is 1. The van der Waals surface area contributed by atoms with Gasteiger partial charge in [0.2, 0.25) is 0 Å². The predicted octanol–water partition coefficient (Wildman–Crippen LogP) is 2.24. The SMILES string of the molecule is CC(C)n1c(CC(=O)O)nc2ccccc21. The molecule has 0 fully saturated rings. The molecule has 0 saturated carbocycles. The summed E-state index contributed by atoms with van der Waals surface area (Å²) in [5, 5.41) is 8.84. The average molecular weight is 218 g/mol. The third-order valence-electron chi connectivity index (χ3n) is 2.49. The first-order valence-electron chi connectivity index (χ1n) is 5.27. The van der Waals surface area contributed by atoms with Crippen molar-refractivity contribution in [3.63, 3.8) is 0 Å². The maximum Gasteiger partial charge on any atom is 0.311 e. The van der Waals surface area contributed by atoms with Crippen LogP contribution in [-0.2, 0) is 11.2 Å². The third-order valence-corrected chi connectivity index (χ3v) is 2.49. The van der Waals surface area contributed by atoms with E-state index >= 15 is 0 Å². The van der Waals surface area contributed by atoms with Gasteiger partial charge in [-0.15, -0.1) is 0 Å². The van der Waals surface area contributed by atoms with E-state index in [9.17, 15) is 4.79 Å². The number of aliphatic carboxylic acids is 1. The summed E-state index contributed by atoms with van der Waals surface area (Å²) in [4.78, 5) is 15.1. The Morgan fingerprint density at radius 2 is 2.12 bits per heavy atom. The van der Waals surface area contributed by atoms with Crippen LogP contribution < -0.4 is 0 Å². The van der Waals surface area contributed by atoms with E-state index in [1.807, 2.05) is 42.7 Å². The van der Waals surface area contributed by atoms with Crippen LogP contribution in [0.25, 0.3) is 11.0 Å². The van der Waals surface area contributed by atoms with Crippen molar-refractivity contribution < 1.29 is 9.90 Å². The fraction of sp³-hybridized carbons (Fsp3) is 0.333. The molecule has 0 aliphatic heterocycles. The summed E-state index contributed by atoms with van der Waals surface area (Å²) in [6.07, 6.45) is -0.0349. The lowest BCUT2D eigenvalue weighted by atomic mass is 10.3. The van der Waals surface area contributed by atoms with Crippen molar-refractivity contribution >= 4 is 17.0 Å². The van der Waals surface area contributed by atoms with Gasteiger partial charge in [0.1, 0.15) is 12.2 Å². The molecule has 1 N–H and O–H groups in total. The summed E-state index contributed by atoms with van der Waals surface area (Å²) in [7, 11) is 0. The van der Waals surface area contributed by atoms with Crippen LogP contribution in [0.15, 0.2) is 24.3 Å². The molecule has 1 heterocycles. The van der Waals surface area contributed by atoms with Gasteiger partial charge in [0, 0.05) is 6.04 Å². The molecule has 0 aliphatic carbocycles. The molecule has 0 radical (unpaired) electrons. The zero-order chi connectivity index (χ0) is 11.7. The van der Waals surface area contributed by atoms with Crippen LogP contribution in [-0.4, -0.2) is 20.6 Å². The maximum absolute atomic E-state index is 10.8. The first kappa shape index (κ1) is 10.7. The molecular weight excluding hydrogens is 204 g/mol. The first-order valence-corrected chi connectivity index (χ1v) is 5.27. The Morgan fingerprint density at radius 1 is 1.44 bits per heavy atom. The van der Waals surface area contributed by atoms with Gasteiger partial charge in [0.15, 0.2) is 0 Å². The molecule has 1 aromatic heterocycles. The second kappa shape index (κ2) is 3.96.